The van der Waals surface area contributed by atoms with Crippen molar-refractivity contribution in [3.63, 3.8) is 0 Å². The summed E-state index contributed by atoms with van der Waals surface area (Å²) in [6.07, 6.45) is 23.1. The Labute approximate surface area is 185 Å². The molecule has 0 aliphatic rings. The second kappa shape index (κ2) is 19.4. The molecule has 2 unspecified atom stereocenters. The van der Waals surface area contributed by atoms with Crippen LogP contribution in [-0.2, 0) is 0 Å². The van der Waals surface area contributed by atoms with Gasteiger partial charge in [0.15, 0.2) is 0 Å². The predicted molar refractivity (Wildman–Crippen MR) is 131 cm³/mol. The van der Waals surface area contributed by atoms with Crippen LogP contribution >= 0.6 is 0 Å². The van der Waals surface area contributed by atoms with Crippen LogP contribution in [0.25, 0.3) is 0 Å². The Kier molecular flexibility index (Phi) is 17.1. The number of aliphatic hydroxyl groups excluding tert-OH is 2. The van der Waals surface area contributed by atoms with Gasteiger partial charge in [-0.05, 0) is 50.7 Å². The molecule has 170 valence electrons. The molecule has 0 spiro atoms. The average molecular weight is 416 g/mol. The minimum absolute atomic E-state index is 0.382. The van der Waals surface area contributed by atoms with Crippen LogP contribution in [0, 0.1) is 0 Å². The fraction of sp³-hybridized carbons (Fsp3) is 0.630. The van der Waals surface area contributed by atoms with Crippen molar-refractivity contribution in [1.82, 2.24) is 0 Å². The minimum atomic E-state index is -0.719. The van der Waals surface area contributed by atoms with Gasteiger partial charge in [0.05, 0.1) is 12.2 Å². The maximum Gasteiger partial charge on any atom is 0.0970 e. The predicted octanol–water partition coefficient (Wildman–Crippen LogP) is 7.02. The number of anilines is 1. The zero-order valence-electron chi connectivity index (χ0n) is 19.1. The molecular formula is C27H45NO2. The van der Waals surface area contributed by atoms with Crippen molar-refractivity contribution < 1.29 is 10.2 Å². The Balaban J connectivity index is 1.88. The molecule has 0 saturated carbocycles. The lowest BCUT2D eigenvalue weighted by atomic mass is 10.0. The van der Waals surface area contributed by atoms with E-state index in [-0.39, 0.29) is 0 Å². The molecule has 2 atom stereocenters. The molecule has 1 rings (SSSR count). The number of aliphatic hydroxyl groups is 2. The molecule has 0 bridgehead atoms. The van der Waals surface area contributed by atoms with Crippen molar-refractivity contribution in [2.75, 3.05) is 11.9 Å². The number of hydrogen-bond acceptors (Lipinski definition) is 3. The summed E-state index contributed by atoms with van der Waals surface area (Å²) in [5.74, 6) is 0. The fourth-order valence-corrected chi connectivity index (χ4v) is 3.45. The molecule has 0 aliphatic carbocycles. The van der Waals surface area contributed by atoms with E-state index in [2.05, 4.69) is 36.5 Å². The van der Waals surface area contributed by atoms with Gasteiger partial charge in [-0.3, -0.25) is 0 Å². The standard InChI is InChI=1S/C27H45NO2/c1-2-3-4-5-6-7-8-9-10-11-12-13-14-15-16-20-23-26(29)27(30)24-28-25-21-18-17-19-22-25/h6-7,9-10,17-19,21-22,26-30H,2-5,8,11-16,20,23-24H2,1H3/b7-6-,10-9-. The molecule has 0 radical (unpaired) electrons. The van der Waals surface area contributed by atoms with Gasteiger partial charge < -0.3 is 15.5 Å². The van der Waals surface area contributed by atoms with Crippen molar-refractivity contribution in [3.05, 3.63) is 54.6 Å². The molecule has 0 amide bonds. The van der Waals surface area contributed by atoms with Crippen molar-refractivity contribution in [1.29, 1.82) is 0 Å². The third kappa shape index (κ3) is 15.3. The zero-order chi connectivity index (χ0) is 21.7. The summed E-state index contributed by atoms with van der Waals surface area (Å²) in [6, 6.07) is 9.79. The molecule has 0 aliphatic heterocycles. The van der Waals surface area contributed by atoms with E-state index < -0.39 is 12.2 Å². The smallest absolute Gasteiger partial charge is 0.0970 e. The van der Waals surface area contributed by atoms with E-state index in [1.54, 1.807) is 0 Å². The Bertz CT molecular complexity index is 541. The van der Waals surface area contributed by atoms with Gasteiger partial charge in [-0.15, -0.1) is 0 Å². The molecule has 0 fully saturated rings. The number of rotatable bonds is 19. The highest BCUT2D eigenvalue weighted by Gasteiger charge is 2.15. The van der Waals surface area contributed by atoms with Gasteiger partial charge in [-0.1, -0.05) is 94.4 Å². The van der Waals surface area contributed by atoms with E-state index >= 15 is 0 Å². The number of unbranched alkanes of at least 4 members (excludes halogenated alkanes) is 9. The summed E-state index contributed by atoms with van der Waals surface area (Å²) in [7, 11) is 0. The van der Waals surface area contributed by atoms with E-state index in [4.69, 9.17) is 0 Å². The molecule has 3 N–H and O–H groups in total. The SMILES string of the molecule is CCCCC/C=C\C/C=C\CCCCCCCCC(O)C(O)CNc1ccccc1. The number of para-hydroxylation sites is 1. The van der Waals surface area contributed by atoms with E-state index in [1.165, 1.54) is 57.8 Å². The zero-order valence-corrected chi connectivity index (χ0v) is 19.1. The van der Waals surface area contributed by atoms with Crippen LogP contribution in [0.4, 0.5) is 5.69 Å². The van der Waals surface area contributed by atoms with Gasteiger partial charge in [0.25, 0.3) is 0 Å². The van der Waals surface area contributed by atoms with Gasteiger partial charge in [-0.25, -0.2) is 0 Å². The van der Waals surface area contributed by atoms with Crippen LogP contribution < -0.4 is 5.32 Å². The Morgan fingerprint density at radius 2 is 1.33 bits per heavy atom. The molecule has 0 heterocycles. The van der Waals surface area contributed by atoms with Crippen LogP contribution in [0.3, 0.4) is 0 Å². The van der Waals surface area contributed by atoms with Gasteiger partial charge in [-0.2, -0.15) is 0 Å². The van der Waals surface area contributed by atoms with E-state index in [0.29, 0.717) is 13.0 Å². The lowest BCUT2D eigenvalue weighted by molar-refractivity contribution is 0.0212. The normalized spacial score (nSPS) is 13.8. The first kappa shape index (κ1) is 26.5. The second-order valence-electron chi connectivity index (χ2n) is 8.25. The van der Waals surface area contributed by atoms with Crippen LogP contribution in [0.1, 0.15) is 90.4 Å². The van der Waals surface area contributed by atoms with Gasteiger partial charge in [0.2, 0.25) is 0 Å². The molecule has 3 heteroatoms. The maximum atomic E-state index is 10.1. The van der Waals surface area contributed by atoms with E-state index in [0.717, 1.165) is 24.9 Å². The third-order valence-corrected chi connectivity index (χ3v) is 5.43. The van der Waals surface area contributed by atoms with Gasteiger partial charge >= 0.3 is 0 Å². The molecule has 1 aromatic carbocycles. The Hall–Kier alpha value is -1.58. The number of benzene rings is 1. The summed E-state index contributed by atoms with van der Waals surface area (Å²) in [5, 5.41) is 23.4. The van der Waals surface area contributed by atoms with E-state index in [9.17, 15) is 10.2 Å². The highest BCUT2D eigenvalue weighted by Crippen LogP contribution is 2.13. The lowest BCUT2D eigenvalue weighted by Gasteiger charge is -2.18. The highest BCUT2D eigenvalue weighted by atomic mass is 16.3. The molecule has 1 aromatic rings. The average Bonchev–Trinajstić information content (AvgIpc) is 2.77. The number of nitrogens with one attached hydrogen (secondary N) is 1. The van der Waals surface area contributed by atoms with Crippen LogP contribution in [0.5, 0.6) is 0 Å². The first-order valence-electron chi connectivity index (χ1n) is 12.2. The lowest BCUT2D eigenvalue weighted by Crippen LogP contribution is -2.32. The first-order chi connectivity index (χ1) is 14.7. The Morgan fingerprint density at radius 1 is 0.733 bits per heavy atom. The molecule has 3 nitrogen and oxygen atoms in total. The topological polar surface area (TPSA) is 52.5 Å². The summed E-state index contributed by atoms with van der Waals surface area (Å²) < 4.78 is 0. The summed E-state index contributed by atoms with van der Waals surface area (Å²) in [4.78, 5) is 0. The van der Waals surface area contributed by atoms with Crippen molar-refractivity contribution >= 4 is 5.69 Å². The Morgan fingerprint density at radius 3 is 2.00 bits per heavy atom. The van der Waals surface area contributed by atoms with Crippen LogP contribution in [0.2, 0.25) is 0 Å². The van der Waals surface area contributed by atoms with Crippen molar-refractivity contribution in [2.45, 2.75) is 103 Å². The summed E-state index contributed by atoms with van der Waals surface area (Å²) >= 11 is 0. The summed E-state index contributed by atoms with van der Waals surface area (Å²) in [6.45, 7) is 2.63. The van der Waals surface area contributed by atoms with Crippen LogP contribution in [-0.4, -0.2) is 29.0 Å². The van der Waals surface area contributed by atoms with E-state index in [1.807, 2.05) is 30.3 Å². The second-order valence-corrected chi connectivity index (χ2v) is 8.25. The monoisotopic (exact) mass is 415 g/mol. The fourth-order valence-electron chi connectivity index (χ4n) is 3.45. The highest BCUT2D eigenvalue weighted by molar-refractivity contribution is 5.42. The van der Waals surface area contributed by atoms with Crippen LogP contribution in [0.15, 0.2) is 54.6 Å². The molecule has 30 heavy (non-hydrogen) atoms. The van der Waals surface area contributed by atoms with Crippen molar-refractivity contribution in [3.8, 4) is 0 Å². The first-order valence-corrected chi connectivity index (χ1v) is 12.2. The largest absolute Gasteiger partial charge is 0.390 e. The molecular weight excluding hydrogens is 370 g/mol. The van der Waals surface area contributed by atoms with Gasteiger partial charge in [0.1, 0.15) is 0 Å². The minimum Gasteiger partial charge on any atom is -0.390 e. The quantitative estimate of drug-likeness (QED) is 0.168. The number of hydrogen-bond donors (Lipinski definition) is 3. The molecule has 0 saturated heterocycles. The van der Waals surface area contributed by atoms with Crippen molar-refractivity contribution in [2.24, 2.45) is 0 Å². The molecule has 0 aromatic heterocycles. The summed E-state index contributed by atoms with van der Waals surface area (Å²) in [5.41, 5.74) is 0.970. The maximum absolute atomic E-state index is 10.1. The third-order valence-electron chi connectivity index (χ3n) is 5.43. The van der Waals surface area contributed by atoms with Gasteiger partial charge in [0, 0.05) is 12.2 Å². The number of allylic oxidation sites excluding steroid dienone is 4.